The van der Waals surface area contributed by atoms with Crippen molar-refractivity contribution in [3.63, 3.8) is 0 Å². The van der Waals surface area contributed by atoms with Gasteiger partial charge in [-0.2, -0.15) is 0 Å². The van der Waals surface area contributed by atoms with E-state index >= 15 is 0 Å². The molecule has 1 fully saturated rings. The lowest BCUT2D eigenvalue weighted by Gasteiger charge is -2.34. The molecule has 0 unspecified atom stereocenters. The van der Waals surface area contributed by atoms with E-state index in [-0.39, 0.29) is 18.5 Å². The third-order valence-corrected chi connectivity index (χ3v) is 3.67. The predicted octanol–water partition coefficient (Wildman–Crippen LogP) is 0.375. The van der Waals surface area contributed by atoms with Gasteiger partial charge in [0.25, 0.3) is 5.91 Å². The first-order chi connectivity index (χ1) is 10.1. The molecule has 6 nitrogen and oxygen atoms in total. The lowest BCUT2D eigenvalue weighted by molar-refractivity contribution is -0.119. The minimum absolute atomic E-state index is 0.0242. The standard InChI is InChI=1S/C15H21N3O3/c1-21-13-5-3-2-4-12(13)15(20)18(10-14(16)19)11-6-8-17-9-7-11/h2-5,11,17H,6-10H2,1H3,(H2,16,19). The first-order valence-corrected chi connectivity index (χ1v) is 7.06. The van der Waals surface area contributed by atoms with Gasteiger partial charge in [-0.05, 0) is 38.1 Å². The second-order valence-corrected chi connectivity index (χ2v) is 5.08. The number of primary amides is 1. The van der Waals surface area contributed by atoms with E-state index in [0.717, 1.165) is 25.9 Å². The quantitative estimate of drug-likeness (QED) is 0.821. The van der Waals surface area contributed by atoms with Crippen LogP contribution in [0.5, 0.6) is 5.75 Å². The van der Waals surface area contributed by atoms with Crippen LogP contribution in [0.15, 0.2) is 24.3 Å². The molecule has 0 aliphatic carbocycles. The third-order valence-electron chi connectivity index (χ3n) is 3.67. The van der Waals surface area contributed by atoms with Gasteiger partial charge in [-0.3, -0.25) is 9.59 Å². The van der Waals surface area contributed by atoms with Crippen LogP contribution in [-0.2, 0) is 4.79 Å². The average molecular weight is 291 g/mol. The number of nitrogens with two attached hydrogens (primary N) is 1. The highest BCUT2D eigenvalue weighted by Crippen LogP contribution is 2.22. The van der Waals surface area contributed by atoms with Gasteiger partial charge in [-0.25, -0.2) is 0 Å². The van der Waals surface area contributed by atoms with Crippen molar-refractivity contribution in [2.75, 3.05) is 26.7 Å². The van der Waals surface area contributed by atoms with Crippen LogP contribution >= 0.6 is 0 Å². The van der Waals surface area contributed by atoms with E-state index in [9.17, 15) is 9.59 Å². The number of carbonyl (C=O) groups excluding carboxylic acids is 2. The van der Waals surface area contributed by atoms with Crippen LogP contribution in [0.1, 0.15) is 23.2 Å². The van der Waals surface area contributed by atoms with Gasteiger partial charge in [0.1, 0.15) is 5.75 Å². The summed E-state index contributed by atoms with van der Waals surface area (Å²) in [5.41, 5.74) is 5.76. The van der Waals surface area contributed by atoms with Crippen molar-refractivity contribution >= 4 is 11.8 Å². The summed E-state index contributed by atoms with van der Waals surface area (Å²) in [6, 6.07) is 7.05. The average Bonchev–Trinajstić information content (AvgIpc) is 2.52. The fourth-order valence-corrected chi connectivity index (χ4v) is 2.63. The number of hydrogen-bond donors (Lipinski definition) is 2. The van der Waals surface area contributed by atoms with Gasteiger partial charge in [0.2, 0.25) is 5.91 Å². The fourth-order valence-electron chi connectivity index (χ4n) is 2.63. The molecule has 0 spiro atoms. The highest BCUT2D eigenvalue weighted by molar-refractivity contribution is 5.98. The van der Waals surface area contributed by atoms with E-state index in [1.54, 1.807) is 29.2 Å². The fraction of sp³-hybridized carbons (Fsp3) is 0.467. The lowest BCUT2D eigenvalue weighted by Crippen LogP contribution is -2.49. The van der Waals surface area contributed by atoms with Crippen molar-refractivity contribution in [2.45, 2.75) is 18.9 Å². The molecule has 1 aliphatic rings. The van der Waals surface area contributed by atoms with Gasteiger partial charge in [0.05, 0.1) is 19.2 Å². The molecular formula is C15H21N3O3. The van der Waals surface area contributed by atoms with Crippen LogP contribution in [0, 0.1) is 0 Å². The molecule has 1 aliphatic heterocycles. The molecule has 3 N–H and O–H groups in total. The Bertz CT molecular complexity index is 513. The molecule has 0 aromatic heterocycles. The molecule has 1 aromatic rings. The van der Waals surface area contributed by atoms with Gasteiger partial charge in [0.15, 0.2) is 0 Å². The second kappa shape index (κ2) is 7.08. The number of para-hydroxylation sites is 1. The molecule has 2 amide bonds. The first kappa shape index (κ1) is 15.3. The Morgan fingerprint density at radius 3 is 2.62 bits per heavy atom. The minimum atomic E-state index is -0.503. The molecule has 6 heteroatoms. The maximum absolute atomic E-state index is 12.8. The summed E-state index contributed by atoms with van der Waals surface area (Å²) in [6.07, 6.45) is 1.63. The number of nitrogens with zero attached hydrogens (tertiary/aromatic N) is 1. The summed E-state index contributed by atoms with van der Waals surface area (Å²) in [6.45, 7) is 1.60. The normalized spacial score (nSPS) is 15.5. The molecular weight excluding hydrogens is 270 g/mol. The number of nitrogens with one attached hydrogen (secondary N) is 1. The summed E-state index contributed by atoms with van der Waals surface area (Å²) in [7, 11) is 1.52. The van der Waals surface area contributed by atoms with Crippen LogP contribution in [0.3, 0.4) is 0 Å². The van der Waals surface area contributed by atoms with E-state index in [4.69, 9.17) is 10.5 Å². The van der Waals surface area contributed by atoms with E-state index in [1.807, 2.05) is 0 Å². The summed E-state index contributed by atoms with van der Waals surface area (Å²) in [5, 5.41) is 3.25. The number of carbonyl (C=O) groups is 2. The molecule has 0 bridgehead atoms. The van der Waals surface area contributed by atoms with Crippen molar-refractivity contribution in [1.82, 2.24) is 10.2 Å². The van der Waals surface area contributed by atoms with E-state index in [0.29, 0.717) is 11.3 Å². The van der Waals surface area contributed by atoms with Gasteiger partial charge in [-0.1, -0.05) is 12.1 Å². The number of amides is 2. The Balaban J connectivity index is 2.26. The van der Waals surface area contributed by atoms with Crippen molar-refractivity contribution in [2.24, 2.45) is 5.73 Å². The van der Waals surface area contributed by atoms with Crippen LogP contribution in [0.4, 0.5) is 0 Å². The zero-order chi connectivity index (χ0) is 15.2. The van der Waals surface area contributed by atoms with Gasteiger partial charge >= 0.3 is 0 Å². The van der Waals surface area contributed by atoms with Gasteiger partial charge in [0, 0.05) is 6.04 Å². The Labute approximate surface area is 124 Å². The van der Waals surface area contributed by atoms with Crippen molar-refractivity contribution in [3.8, 4) is 5.75 Å². The Kier molecular flexibility index (Phi) is 5.16. The number of benzene rings is 1. The molecule has 1 saturated heterocycles. The molecule has 0 atom stereocenters. The summed E-state index contributed by atoms with van der Waals surface area (Å²) >= 11 is 0. The van der Waals surface area contributed by atoms with Crippen molar-refractivity contribution in [3.05, 3.63) is 29.8 Å². The minimum Gasteiger partial charge on any atom is -0.496 e. The van der Waals surface area contributed by atoms with Crippen molar-refractivity contribution in [1.29, 1.82) is 0 Å². The third kappa shape index (κ3) is 3.72. The number of methoxy groups -OCH3 is 1. The summed E-state index contributed by atoms with van der Waals surface area (Å²) < 4.78 is 5.23. The predicted molar refractivity (Wildman–Crippen MR) is 79.1 cm³/mol. The molecule has 1 aromatic carbocycles. The summed E-state index contributed by atoms with van der Waals surface area (Å²) in [4.78, 5) is 25.7. The zero-order valence-electron chi connectivity index (χ0n) is 12.2. The Morgan fingerprint density at radius 1 is 1.33 bits per heavy atom. The molecule has 0 saturated carbocycles. The van der Waals surface area contributed by atoms with Crippen molar-refractivity contribution < 1.29 is 14.3 Å². The largest absolute Gasteiger partial charge is 0.496 e. The molecule has 21 heavy (non-hydrogen) atoms. The molecule has 114 valence electrons. The van der Waals surface area contributed by atoms with Crippen LogP contribution in [0.25, 0.3) is 0 Å². The number of piperidine rings is 1. The topological polar surface area (TPSA) is 84.7 Å². The monoisotopic (exact) mass is 291 g/mol. The SMILES string of the molecule is COc1ccccc1C(=O)N(CC(N)=O)C1CCNCC1. The lowest BCUT2D eigenvalue weighted by atomic mass is 10.0. The van der Waals surface area contributed by atoms with Crippen LogP contribution in [-0.4, -0.2) is 49.5 Å². The van der Waals surface area contributed by atoms with E-state index in [2.05, 4.69) is 5.32 Å². The molecule has 2 rings (SSSR count). The van der Waals surface area contributed by atoms with Gasteiger partial charge in [-0.15, -0.1) is 0 Å². The number of ether oxygens (including phenoxy) is 1. The number of rotatable bonds is 5. The van der Waals surface area contributed by atoms with Crippen LogP contribution in [0.2, 0.25) is 0 Å². The maximum Gasteiger partial charge on any atom is 0.258 e. The smallest absolute Gasteiger partial charge is 0.258 e. The van der Waals surface area contributed by atoms with Crippen LogP contribution < -0.4 is 15.8 Å². The highest BCUT2D eigenvalue weighted by atomic mass is 16.5. The Morgan fingerprint density at radius 2 is 2.00 bits per heavy atom. The first-order valence-electron chi connectivity index (χ1n) is 7.06. The van der Waals surface area contributed by atoms with Gasteiger partial charge < -0.3 is 20.7 Å². The Hall–Kier alpha value is -2.08. The maximum atomic E-state index is 12.8. The second-order valence-electron chi connectivity index (χ2n) is 5.08. The molecule has 0 radical (unpaired) electrons. The zero-order valence-corrected chi connectivity index (χ0v) is 12.2. The summed E-state index contributed by atoms with van der Waals surface area (Å²) in [5.74, 6) is -0.208. The van der Waals surface area contributed by atoms with E-state index in [1.165, 1.54) is 7.11 Å². The highest BCUT2D eigenvalue weighted by Gasteiger charge is 2.28. The molecule has 1 heterocycles. The van der Waals surface area contributed by atoms with E-state index < -0.39 is 5.91 Å². The number of hydrogen-bond acceptors (Lipinski definition) is 4.